The molecule has 0 radical (unpaired) electrons. The van der Waals surface area contributed by atoms with Crippen LogP contribution in [0.25, 0.3) is 0 Å². The molecule has 2 rings (SSSR count). The minimum absolute atomic E-state index is 0.125. The Labute approximate surface area is 154 Å². The molecule has 2 N–H and O–H groups in total. The van der Waals surface area contributed by atoms with Gasteiger partial charge in [0.2, 0.25) is 5.91 Å². The van der Waals surface area contributed by atoms with Crippen LogP contribution >= 0.6 is 0 Å². The Bertz CT molecular complexity index is 719. The van der Waals surface area contributed by atoms with Crippen molar-refractivity contribution in [2.45, 2.75) is 6.54 Å². The zero-order chi connectivity index (χ0) is 18.8. The van der Waals surface area contributed by atoms with Gasteiger partial charge in [0, 0.05) is 31.5 Å². The standard InChI is InChI=1S/C20H25N3O3/c1-23(14-16-7-4-3-5-8-16)15-19(24)22-18-10-6-9-17(13-18)20(25)21-11-12-26-2/h3-10,13H,11-12,14-15H2,1-2H3,(H,21,25)(H,22,24). The maximum Gasteiger partial charge on any atom is 0.251 e. The van der Waals surface area contributed by atoms with E-state index in [1.54, 1.807) is 31.4 Å². The fourth-order valence-electron chi connectivity index (χ4n) is 2.50. The number of methoxy groups -OCH3 is 1. The number of nitrogens with one attached hydrogen (secondary N) is 2. The van der Waals surface area contributed by atoms with Gasteiger partial charge in [-0.2, -0.15) is 0 Å². The Hall–Kier alpha value is -2.70. The average molecular weight is 355 g/mol. The summed E-state index contributed by atoms with van der Waals surface area (Å²) >= 11 is 0. The maximum absolute atomic E-state index is 12.2. The topological polar surface area (TPSA) is 70.7 Å². The number of hydrogen-bond donors (Lipinski definition) is 2. The lowest BCUT2D eigenvalue weighted by Crippen LogP contribution is -2.30. The van der Waals surface area contributed by atoms with Crippen LogP contribution in [0.15, 0.2) is 54.6 Å². The molecule has 0 aromatic heterocycles. The van der Waals surface area contributed by atoms with E-state index in [2.05, 4.69) is 10.6 Å². The van der Waals surface area contributed by atoms with Crippen molar-refractivity contribution >= 4 is 17.5 Å². The van der Waals surface area contributed by atoms with Crippen LogP contribution in [-0.4, -0.2) is 50.6 Å². The fraction of sp³-hybridized carbons (Fsp3) is 0.300. The highest BCUT2D eigenvalue weighted by atomic mass is 16.5. The zero-order valence-electron chi connectivity index (χ0n) is 15.2. The molecule has 2 amide bonds. The van der Waals surface area contributed by atoms with Crippen molar-refractivity contribution in [2.75, 3.05) is 39.2 Å². The molecular formula is C20H25N3O3. The van der Waals surface area contributed by atoms with Crippen LogP contribution in [0.2, 0.25) is 0 Å². The molecule has 2 aromatic carbocycles. The summed E-state index contributed by atoms with van der Waals surface area (Å²) in [5.41, 5.74) is 2.25. The molecule has 26 heavy (non-hydrogen) atoms. The number of rotatable bonds is 9. The van der Waals surface area contributed by atoms with Gasteiger partial charge in [-0.25, -0.2) is 0 Å². The number of hydrogen-bond acceptors (Lipinski definition) is 4. The minimum atomic E-state index is -0.195. The molecule has 138 valence electrons. The van der Waals surface area contributed by atoms with Crippen LogP contribution in [0.1, 0.15) is 15.9 Å². The third kappa shape index (κ3) is 6.66. The number of anilines is 1. The summed E-state index contributed by atoms with van der Waals surface area (Å²) in [5.74, 6) is -0.320. The Morgan fingerprint density at radius 2 is 1.85 bits per heavy atom. The lowest BCUT2D eigenvalue weighted by atomic mass is 10.2. The number of amides is 2. The fourth-order valence-corrected chi connectivity index (χ4v) is 2.50. The Kier molecular flexibility index (Phi) is 7.79. The predicted molar refractivity (Wildman–Crippen MR) is 102 cm³/mol. The van der Waals surface area contributed by atoms with Gasteiger partial charge in [-0.05, 0) is 30.8 Å². The second-order valence-corrected chi connectivity index (χ2v) is 6.04. The number of likely N-dealkylation sites (N-methyl/N-ethyl adjacent to an activating group) is 1. The summed E-state index contributed by atoms with van der Waals surface area (Å²) in [6.45, 7) is 1.85. The van der Waals surface area contributed by atoms with Crippen LogP contribution in [0.3, 0.4) is 0 Å². The molecule has 0 bridgehead atoms. The number of carbonyl (C=O) groups is 2. The molecule has 0 spiro atoms. The van der Waals surface area contributed by atoms with E-state index in [9.17, 15) is 9.59 Å². The van der Waals surface area contributed by atoms with Gasteiger partial charge in [-0.1, -0.05) is 36.4 Å². The normalized spacial score (nSPS) is 10.6. The van der Waals surface area contributed by atoms with Crippen LogP contribution in [0.4, 0.5) is 5.69 Å². The van der Waals surface area contributed by atoms with E-state index in [1.807, 2.05) is 42.3 Å². The molecule has 0 heterocycles. The first-order chi connectivity index (χ1) is 12.6. The van der Waals surface area contributed by atoms with Crippen molar-refractivity contribution < 1.29 is 14.3 Å². The van der Waals surface area contributed by atoms with Crippen molar-refractivity contribution in [1.29, 1.82) is 0 Å². The SMILES string of the molecule is COCCNC(=O)c1cccc(NC(=O)CN(C)Cc2ccccc2)c1. The van der Waals surface area contributed by atoms with E-state index in [0.717, 1.165) is 5.56 Å². The summed E-state index contributed by atoms with van der Waals surface area (Å²) in [6.07, 6.45) is 0. The summed E-state index contributed by atoms with van der Waals surface area (Å²) in [7, 11) is 3.48. The lowest BCUT2D eigenvalue weighted by molar-refractivity contribution is -0.117. The first kappa shape index (κ1) is 19.6. The molecule has 0 saturated carbocycles. The van der Waals surface area contributed by atoms with E-state index < -0.39 is 0 Å². The first-order valence-corrected chi connectivity index (χ1v) is 8.48. The summed E-state index contributed by atoms with van der Waals surface area (Å²) in [6, 6.07) is 16.9. The van der Waals surface area contributed by atoms with Crippen LogP contribution in [-0.2, 0) is 16.1 Å². The van der Waals surface area contributed by atoms with E-state index >= 15 is 0 Å². The predicted octanol–water partition coefficient (Wildman–Crippen LogP) is 2.13. The van der Waals surface area contributed by atoms with Gasteiger partial charge in [-0.15, -0.1) is 0 Å². The Morgan fingerprint density at radius 1 is 1.08 bits per heavy atom. The van der Waals surface area contributed by atoms with Crippen LogP contribution in [0, 0.1) is 0 Å². The monoisotopic (exact) mass is 355 g/mol. The minimum Gasteiger partial charge on any atom is -0.383 e. The summed E-state index contributed by atoms with van der Waals surface area (Å²) < 4.78 is 4.91. The largest absolute Gasteiger partial charge is 0.383 e. The van der Waals surface area contributed by atoms with E-state index in [-0.39, 0.29) is 18.4 Å². The summed E-state index contributed by atoms with van der Waals surface area (Å²) in [5, 5.41) is 5.59. The average Bonchev–Trinajstić information content (AvgIpc) is 2.62. The molecule has 6 nitrogen and oxygen atoms in total. The van der Waals surface area contributed by atoms with Crippen molar-refractivity contribution in [3.8, 4) is 0 Å². The van der Waals surface area contributed by atoms with Crippen LogP contribution < -0.4 is 10.6 Å². The molecule has 0 fully saturated rings. The molecule has 6 heteroatoms. The van der Waals surface area contributed by atoms with Gasteiger partial charge >= 0.3 is 0 Å². The van der Waals surface area contributed by atoms with E-state index in [4.69, 9.17) is 4.74 Å². The van der Waals surface area contributed by atoms with E-state index in [1.165, 1.54) is 0 Å². The number of carbonyl (C=O) groups excluding carboxylic acids is 2. The maximum atomic E-state index is 12.2. The van der Waals surface area contributed by atoms with Gasteiger partial charge in [-0.3, -0.25) is 14.5 Å². The molecule has 0 unspecified atom stereocenters. The Morgan fingerprint density at radius 3 is 2.58 bits per heavy atom. The Balaban J connectivity index is 1.86. The molecule has 0 atom stereocenters. The second-order valence-electron chi connectivity index (χ2n) is 6.04. The molecule has 0 aliphatic carbocycles. The van der Waals surface area contributed by atoms with Gasteiger partial charge in [0.05, 0.1) is 13.2 Å². The second kappa shape index (κ2) is 10.3. The van der Waals surface area contributed by atoms with E-state index in [0.29, 0.717) is 30.9 Å². The first-order valence-electron chi connectivity index (χ1n) is 8.48. The number of nitrogens with zero attached hydrogens (tertiary/aromatic N) is 1. The molecular weight excluding hydrogens is 330 g/mol. The van der Waals surface area contributed by atoms with Crippen LogP contribution in [0.5, 0.6) is 0 Å². The third-order valence-electron chi connectivity index (χ3n) is 3.71. The number of benzene rings is 2. The highest BCUT2D eigenvalue weighted by molar-refractivity contribution is 5.97. The van der Waals surface area contributed by atoms with Gasteiger partial charge in [0.1, 0.15) is 0 Å². The van der Waals surface area contributed by atoms with Crippen molar-refractivity contribution in [1.82, 2.24) is 10.2 Å². The zero-order valence-corrected chi connectivity index (χ0v) is 15.2. The molecule has 0 aliphatic rings. The van der Waals surface area contributed by atoms with Crippen molar-refractivity contribution in [3.63, 3.8) is 0 Å². The molecule has 0 saturated heterocycles. The smallest absolute Gasteiger partial charge is 0.251 e. The highest BCUT2D eigenvalue weighted by Gasteiger charge is 2.10. The van der Waals surface area contributed by atoms with Gasteiger partial charge < -0.3 is 15.4 Å². The molecule has 0 aliphatic heterocycles. The highest BCUT2D eigenvalue weighted by Crippen LogP contribution is 2.11. The molecule has 2 aromatic rings. The third-order valence-corrected chi connectivity index (χ3v) is 3.71. The number of ether oxygens (including phenoxy) is 1. The lowest BCUT2D eigenvalue weighted by Gasteiger charge is -2.16. The van der Waals surface area contributed by atoms with Crippen molar-refractivity contribution in [3.05, 3.63) is 65.7 Å². The van der Waals surface area contributed by atoms with Gasteiger partial charge in [0.25, 0.3) is 5.91 Å². The van der Waals surface area contributed by atoms with Crippen molar-refractivity contribution in [2.24, 2.45) is 0 Å². The quantitative estimate of drug-likeness (QED) is 0.676. The van der Waals surface area contributed by atoms with Gasteiger partial charge in [0.15, 0.2) is 0 Å². The summed E-state index contributed by atoms with van der Waals surface area (Å²) in [4.78, 5) is 26.2.